The Bertz CT molecular complexity index is 6520. The van der Waals surface area contributed by atoms with Crippen molar-refractivity contribution in [2.45, 2.75) is 19.3 Å². The third kappa shape index (κ3) is 9.46. The Morgan fingerprint density at radius 3 is 1.27 bits per heavy atom. The summed E-state index contributed by atoms with van der Waals surface area (Å²) in [7, 11) is 0. The van der Waals surface area contributed by atoms with E-state index >= 15 is 0 Å². The molecular weight excluding hydrogens is 1240 g/mol. The standard InChI is InChI=1S/C97H64N4O/c1-61-33-46-87-82(51-61)83-52-62(2)34-47-88(83)97(87,76-26-14-22-69(54-76)68-21-13-25-75(53-68)94-96-95(99-60-98-94)86-59-72(43-50-93(86)102-96)67-37-35-65(36-38-67)63-17-5-3-6-18-63)77-27-15-23-70(55-77)71-24-16-28-79(56-71)101-90-32-12-10-30-81(90)85-58-74(42-49-92(85)101)73-41-48-91-84(57-73)80-29-9-11-31-89(80)100(91)78-44-39-66(40-45-78)64-19-7-4-8-20-64/h3-60H,1-2H3. The summed E-state index contributed by atoms with van der Waals surface area (Å²) in [6.07, 6.45) is 1.67. The van der Waals surface area contributed by atoms with Crippen molar-refractivity contribution in [3.63, 3.8) is 0 Å². The second-order valence-corrected chi connectivity index (χ2v) is 27.4. The molecule has 20 rings (SSSR count). The van der Waals surface area contributed by atoms with E-state index in [4.69, 9.17) is 14.4 Å². The second kappa shape index (κ2) is 23.5. The van der Waals surface area contributed by atoms with Gasteiger partial charge >= 0.3 is 0 Å². The highest BCUT2D eigenvalue weighted by Gasteiger charge is 2.46. The molecule has 0 radical (unpaired) electrons. The molecule has 0 atom stereocenters. The molecule has 19 aromatic rings. The van der Waals surface area contributed by atoms with Gasteiger partial charge in [0.1, 0.15) is 23.1 Å². The lowest BCUT2D eigenvalue weighted by atomic mass is 9.67. The molecule has 0 amide bonds. The Labute approximate surface area is 590 Å². The highest BCUT2D eigenvalue weighted by Crippen LogP contribution is 2.57. The molecule has 0 unspecified atom stereocenters. The van der Waals surface area contributed by atoms with Gasteiger partial charge in [0.25, 0.3) is 0 Å². The molecule has 5 heteroatoms. The second-order valence-electron chi connectivity index (χ2n) is 27.4. The summed E-state index contributed by atoms with van der Waals surface area (Å²) in [5, 5.41) is 5.85. The van der Waals surface area contributed by atoms with E-state index in [2.05, 4.69) is 369 Å². The number of benzene rings is 15. The minimum absolute atomic E-state index is 0.668. The maximum Gasteiger partial charge on any atom is 0.180 e. The third-order valence-corrected chi connectivity index (χ3v) is 21.4. The quantitative estimate of drug-likeness (QED) is 0.130. The molecule has 1 aliphatic rings. The zero-order valence-electron chi connectivity index (χ0n) is 56.2. The Morgan fingerprint density at radius 2 is 0.686 bits per heavy atom. The summed E-state index contributed by atoms with van der Waals surface area (Å²) in [5.74, 6) is 0. The van der Waals surface area contributed by atoms with Crippen molar-refractivity contribution >= 4 is 65.7 Å². The molecule has 0 aliphatic heterocycles. The van der Waals surface area contributed by atoms with Crippen LogP contribution in [0.4, 0.5) is 0 Å². The van der Waals surface area contributed by atoms with Gasteiger partial charge in [0.05, 0.1) is 27.5 Å². The zero-order valence-corrected chi connectivity index (χ0v) is 56.2. The van der Waals surface area contributed by atoms with Crippen LogP contribution in [0.1, 0.15) is 33.4 Å². The highest BCUT2D eigenvalue weighted by atomic mass is 16.3. The van der Waals surface area contributed by atoms with Gasteiger partial charge in [-0.3, -0.25) is 0 Å². The molecule has 102 heavy (non-hydrogen) atoms. The molecule has 0 fully saturated rings. The van der Waals surface area contributed by atoms with E-state index in [9.17, 15) is 0 Å². The van der Waals surface area contributed by atoms with Gasteiger partial charge < -0.3 is 13.6 Å². The number of nitrogens with zero attached hydrogens (tertiary/aromatic N) is 4. The molecular formula is C97H64N4O. The van der Waals surface area contributed by atoms with E-state index in [1.54, 1.807) is 6.33 Å². The molecule has 5 nitrogen and oxygen atoms in total. The number of hydrogen-bond acceptors (Lipinski definition) is 3. The summed E-state index contributed by atoms with van der Waals surface area (Å²) in [4.78, 5) is 9.79. The average Bonchev–Trinajstić information content (AvgIpc) is 1.52. The van der Waals surface area contributed by atoms with E-state index in [1.807, 2.05) is 0 Å². The van der Waals surface area contributed by atoms with Crippen molar-refractivity contribution in [3.05, 3.63) is 385 Å². The van der Waals surface area contributed by atoms with Gasteiger partial charge in [-0.2, -0.15) is 0 Å². The fraction of sp³-hybridized carbons (Fsp3) is 0.0309. The van der Waals surface area contributed by atoms with Crippen LogP contribution in [-0.2, 0) is 5.41 Å². The van der Waals surface area contributed by atoms with Crippen LogP contribution in [0.2, 0.25) is 0 Å². The molecule has 0 spiro atoms. The van der Waals surface area contributed by atoms with Gasteiger partial charge in [-0.15, -0.1) is 0 Å². The van der Waals surface area contributed by atoms with Gasteiger partial charge in [0, 0.05) is 43.9 Å². The summed E-state index contributed by atoms with van der Waals surface area (Å²) >= 11 is 0. The molecule has 15 aromatic carbocycles. The SMILES string of the molecule is Cc1ccc2c(c1)-c1cc(C)ccc1C2(c1cccc(-c2cccc(-c3ncnc4c3oc3ccc(-c5ccc(-c6ccccc6)cc5)cc34)c2)c1)c1cccc(-c2cccc(-n3c4ccccc4c4cc(-c5ccc6c(c5)c5ccccc5n6-c5ccc(-c6ccccc6)cc5)ccc43)c2)c1. The van der Waals surface area contributed by atoms with Crippen LogP contribution >= 0.6 is 0 Å². The highest BCUT2D eigenvalue weighted by molar-refractivity contribution is 6.13. The van der Waals surface area contributed by atoms with Crippen molar-refractivity contribution in [1.29, 1.82) is 0 Å². The predicted molar refractivity (Wildman–Crippen MR) is 423 cm³/mol. The Kier molecular flexibility index (Phi) is 13.6. The molecule has 0 bridgehead atoms. The Balaban J connectivity index is 0.662. The summed E-state index contributed by atoms with van der Waals surface area (Å²) in [5.41, 5.74) is 34.0. The van der Waals surface area contributed by atoms with Crippen LogP contribution in [0.5, 0.6) is 0 Å². The Morgan fingerprint density at radius 1 is 0.275 bits per heavy atom. The van der Waals surface area contributed by atoms with Crippen molar-refractivity contribution in [2.75, 3.05) is 0 Å². The van der Waals surface area contributed by atoms with E-state index in [0.29, 0.717) is 5.58 Å². The monoisotopic (exact) mass is 1300 g/mol. The first-order chi connectivity index (χ1) is 50.3. The topological polar surface area (TPSA) is 48.8 Å². The van der Waals surface area contributed by atoms with Gasteiger partial charge in [0.2, 0.25) is 0 Å². The summed E-state index contributed by atoms with van der Waals surface area (Å²) in [6, 6.07) is 127. The zero-order chi connectivity index (χ0) is 67.6. The van der Waals surface area contributed by atoms with Crippen molar-refractivity contribution in [3.8, 4) is 101 Å². The minimum atomic E-state index is -0.676. The van der Waals surface area contributed by atoms with Crippen LogP contribution in [0, 0.1) is 13.8 Å². The van der Waals surface area contributed by atoms with E-state index in [1.165, 1.54) is 110 Å². The minimum Gasteiger partial charge on any atom is -0.452 e. The maximum atomic E-state index is 6.71. The number of furan rings is 1. The van der Waals surface area contributed by atoms with Crippen LogP contribution < -0.4 is 0 Å². The number of rotatable bonds is 11. The summed E-state index contributed by atoms with van der Waals surface area (Å²) < 4.78 is 11.6. The van der Waals surface area contributed by atoms with Gasteiger partial charge in [-0.05, 0) is 205 Å². The van der Waals surface area contributed by atoms with Crippen molar-refractivity contribution < 1.29 is 4.42 Å². The number of fused-ring (bicyclic) bond motifs is 12. The smallest absolute Gasteiger partial charge is 0.180 e. The van der Waals surface area contributed by atoms with Crippen LogP contribution in [0.15, 0.2) is 357 Å². The predicted octanol–water partition coefficient (Wildman–Crippen LogP) is 25.2. The fourth-order valence-electron chi connectivity index (χ4n) is 16.6. The molecule has 4 aromatic heterocycles. The molecule has 4 heterocycles. The molecule has 0 N–H and O–H groups in total. The number of para-hydroxylation sites is 2. The lowest BCUT2D eigenvalue weighted by molar-refractivity contribution is 0.667. The average molecular weight is 1300 g/mol. The lowest BCUT2D eigenvalue weighted by Crippen LogP contribution is -2.28. The normalized spacial score (nSPS) is 12.5. The van der Waals surface area contributed by atoms with E-state index in [0.717, 1.165) is 83.5 Å². The first-order valence-corrected chi connectivity index (χ1v) is 35.1. The number of aryl methyl sites for hydroxylation is 2. The van der Waals surface area contributed by atoms with Gasteiger partial charge in [-0.1, -0.05) is 266 Å². The van der Waals surface area contributed by atoms with Gasteiger partial charge in [0.15, 0.2) is 5.58 Å². The molecule has 1 aliphatic carbocycles. The van der Waals surface area contributed by atoms with E-state index in [-0.39, 0.29) is 0 Å². The third-order valence-electron chi connectivity index (χ3n) is 21.4. The van der Waals surface area contributed by atoms with Crippen LogP contribution in [0.3, 0.4) is 0 Å². The largest absolute Gasteiger partial charge is 0.452 e. The maximum absolute atomic E-state index is 6.71. The molecule has 0 saturated carbocycles. The van der Waals surface area contributed by atoms with Crippen LogP contribution in [0.25, 0.3) is 166 Å². The van der Waals surface area contributed by atoms with Gasteiger partial charge in [-0.25, -0.2) is 9.97 Å². The Hall–Kier alpha value is -13.2. The number of hydrogen-bond donors (Lipinski definition) is 0. The van der Waals surface area contributed by atoms with Crippen molar-refractivity contribution in [1.82, 2.24) is 19.1 Å². The number of aromatic nitrogens is 4. The fourth-order valence-corrected chi connectivity index (χ4v) is 16.6. The first kappa shape index (κ1) is 58.9. The summed E-state index contributed by atoms with van der Waals surface area (Å²) in [6.45, 7) is 4.42. The molecule has 478 valence electrons. The van der Waals surface area contributed by atoms with Crippen LogP contribution in [-0.4, -0.2) is 19.1 Å². The lowest BCUT2D eigenvalue weighted by Gasteiger charge is -2.34. The molecule has 0 saturated heterocycles. The van der Waals surface area contributed by atoms with E-state index < -0.39 is 5.41 Å². The van der Waals surface area contributed by atoms with Crippen molar-refractivity contribution in [2.24, 2.45) is 0 Å². The first-order valence-electron chi connectivity index (χ1n) is 35.1.